The van der Waals surface area contributed by atoms with E-state index in [-0.39, 0.29) is 17.1 Å². The largest absolute Gasteiger partial charge is 0.465 e. The van der Waals surface area contributed by atoms with Crippen LogP contribution in [0.15, 0.2) is 52.4 Å². The molecule has 2 aromatic carbocycles. The lowest BCUT2D eigenvalue weighted by atomic mass is 10.2. The fraction of sp³-hybridized carbons (Fsp3) is 0.250. The summed E-state index contributed by atoms with van der Waals surface area (Å²) < 4.78 is 32.0. The number of fused-ring (bicyclic) bond motifs is 1. The first-order valence-electron chi connectivity index (χ1n) is 8.76. The second-order valence-electron chi connectivity index (χ2n) is 6.51. The third kappa shape index (κ3) is 4.63. The molecule has 0 aliphatic rings. The van der Waals surface area contributed by atoms with E-state index >= 15 is 0 Å². The van der Waals surface area contributed by atoms with Crippen LogP contribution in [0.25, 0.3) is 10.2 Å². The maximum absolute atomic E-state index is 12.4. The number of aromatic nitrogens is 1. The smallest absolute Gasteiger partial charge is 0.337 e. The van der Waals surface area contributed by atoms with Crippen molar-refractivity contribution in [3.63, 3.8) is 0 Å². The highest BCUT2D eigenvalue weighted by Gasteiger charge is 2.16. The van der Waals surface area contributed by atoms with E-state index in [1.54, 1.807) is 41.9 Å². The fourth-order valence-electron chi connectivity index (χ4n) is 2.73. The topological polar surface area (TPSA) is 94.8 Å². The van der Waals surface area contributed by atoms with Gasteiger partial charge in [0.05, 0.1) is 33.5 Å². The van der Waals surface area contributed by atoms with Gasteiger partial charge < -0.3 is 9.30 Å². The van der Waals surface area contributed by atoms with Crippen LogP contribution < -0.4 is 4.80 Å². The Balaban J connectivity index is 1.81. The van der Waals surface area contributed by atoms with Gasteiger partial charge in [-0.15, -0.1) is 0 Å². The summed E-state index contributed by atoms with van der Waals surface area (Å²) in [5, 5.41) is 0. The molecule has 1 aromatic heterocycles. The molecule has 152 valence electrons. The van der Waals surface area contributed by atoms with Gasteiger partial charge in [-0.05, 0) is 37.3 Å². The van der Waals surface area contributed by atoms with Crippen molar-refractivity contribution >= 4 is 43.3 Å². The summed E-state index contributed by atoms with van der Waals surface area (Å²) in [7, 11) is -0.487. The lowest BCUT2D eigenvalue weighted by molar-refractivity contribution is -0.117. The van der Waals surface area contributed by atoms with E-state index < -0.39 is 21.7 Å². The highest BCUT2D eigenvalue weighted by molar-refractivity contribution is 7.91. The van der Waals surface area contributed by atoms with Crippen molar-refractivity contribution in [2.24, 2.45) is 12.0 Å². The molecule has 7 nitrogen and oxygen atoms in total. The lowest BCUT2D eigenvalue weighted by Gasteiger charge is -2.03. The molecule has 0 aliphatic heterocycles. The number of benzene rings is 2. The van der Waals surface area contributed by atoms with Crippen LogP contribution in [0.1, 0.15) is 22.3 Å². The molecule has 0 aliphatic carbocycles. The van der Waals surface area contributed by atoms with Gasteiger partial charge in [0.2, 0.25) is 5.91 Å². The molecule has 0 fully saturated rings. The number of ether oxygens (including phenoxy) is 1. The number of methoxy groups -OCH3 is 1. The van der Waals surface area contributed by atoms with Gasteiger partial charge >= 0.3 is 5.97 Å². The number of nitrogens with zero attached hydrogens (tertiary/aromatic N) is 2. The zero-order valence-corrected chi connectivity index (χ0v) is 17.8. The van der Waals surface area contributed by atoms with Gasteiger partial charge in [0, 0.05) is 13.5 Å². The summed E-state index contributed by atoms with van der Waals surface area (Å²) in [6, 6.07) is 11.6. The molecule has 0 N–H and O–H groups in total. The summed E-state index contributed by atoms with van der Waals surface area (Å²) in [6.45, 7) is 1.87. The normalized spacial score (nSPS) is 12.3. The van der Waals surface area contributed by atoms with Gasteiger partial charge in [-0.2, -0.15) is 4.99 Å². The first-order chi connectivity index (χ1) is 13.7. The molecule has 3 rings (SSSR count). The Labute approximate surface area is 172 Å². The van der Waals surface area contributed by atoms with Gasteiger partial charge in [-0.25, -0.2) is 13.2 Å². The second-order valence-corrected chi connectivity index (χ2v) is 9.62. The number of aryl methyl sites for hydroxylation is 2. The summed E-state index contributed by atoms with van der Waals surface area (Å²) >= 11 is 1.24. The van der Waals surface area contributed by atoms with Crippen molar-refractivity contribution in [3.05, 3.63) is 58.4 Å². The first kappa shape index (κ1) is 20.9. The van der Waals surface area contributed by atoms with E-state index in [1.165, 1.54) is 30.6 Å². The average Bonchev–Trinajstić information content (AvgIpc) is 3.01. The third-order valence-corrected chi connectivity index (χ3v) is 7.24. The number of hydrogen-bond acceptors (Lipinski definition) is 6. The molecule has 3 aromatic rings. The number of carbonyl (C=O) groups excluding carboxylic acids is 2. The highest BCUT2D eigenvalue weighted by atomic mass is 32.2. The Morgan fingerprint density at radius 2 is 1.83 bits per heavy atom. The second kappa shape index (κ2) is 8.30. The summed E-state index contributed by atoms with van der Waals surface area (Å²) in [5.74, 6) is -1.27. The standard InChI is InChI=1S/C20H20N2O5S2/c1-13-4-7-15(8-5-13)29(25,26)11-10-18(23)21-20-22(2)16-9-6-14(19(24)27-3)12-17(16)28-20/h4-9,12H,10-11H2,1-3H3. The monoisotopic (exact) mass is 432 g/mol. The maximum Gasteiger partial charge on any atom is 0.337 e. The van der Waals surface area contributed by atoms with E-state index in [2.05, 4.69) is 4.99 Å². The molecule has 0 unspecified atom stereocenters. The number of hydrogen-bond donors (Lipinski definition) is 0. The van der Waals surface area contributed by atoms with Crippen molar-refractivity contribution in [3.8, 4) is 0 Å². The van der Waals surface area contributed by atoms with Crippen molar-refractivity contribution < 1.29 is 22.7 Å². The van der Waals surface area contributed by atoms with Crippen LogP contribution in [0.3, 0.4) is 0 Å². The SMILES string of the molecule is COC(=O)c1ccc2c(c1)sc(=NC(=O)CCS(=O)(=O)c1ccc(C)cc1)n2C. The fourth-order valence-corrected chi connectivity index (χ4v) is 5.04. The Morgan fingerprint density at radius 3 is 2.48 bits per heavy atom. The molecule has 0 saturated carbocycles. The zero-order chi connectivity index (χ0) is 21.2. The van der Waals surface area contributed by atoms with Crippen molar-refractivity contribution in [2.75, 3.05) is 12.9 Å². The molecule has 0 saturated heterocycles. The van der Waals surface area contributed by atoms with E-state index in [9.17, 15) is 18.0 Å². The molecule has 1 amide bonds. The number of esters is 1. The number of rotatable bonds is 5. The van der Waals surface area contributed by atoms with E-state index in [1.807, 2.05) is 6.92 Å². The van der Waals surface area contributed by atoms with Crippen LogP contribution in [-0.2, 0) is 26.4 Å². The predicted molar refractivity (Wildman–Crippen MR) is 111 cm³/mol. The molecule has 9 heteroatoms. The van der Waals surface area contributed by atoms with E-state index in [0.717, 1.165) is 15.8 Å². The number of carbonyl (C=O) groups is 2. The Bertz CT molecular complexity index is 1250. The van der Waals surface area contributed by atoms with Crippen LogP contribution in [0.4, 0.5) is 0 Å². The van der Waals surface area contributed by atoms with Crippen molar-refractivity contribution in [1.29, 1.82) is 0 Å². The van der Waals surface area contributed by atoms with Gasteiger partial charge in [-0.3, -0.25) is 4.79 Å². The quantitative estimate of drug-likeness (QED) is 0.578. The minimum absolute atomic E-state index is 0.193. The van der Waals surface area contributed by atoms with Gasteiger partial charge in [0.25, 0.3) is 0 Å². The van der Waals surface area contributed by atoms with Crippen LogP contribution in [-0.4, -0.2) is 37.7 Å². The summed E-state index contributed by atoms with van der Waals surface area (Å²) in [5.41, 5.74) is 2.17. The van der Waals surface area contributed by atoms with Crippen LogP contribution in [0, 0.1) is 6.92 Å². The van der Waals surface area contributed by atoms with Crippen LogP contribution in [0.2, 0.25) is 0 Å². The molecule has 0 spiro atoms. The number of amides is 1. The Kier molecular flexibility index (Phi) is 5.99. The molecule has 29 heavy (non-hydrogen) atoms. The van der Waals surface area contributed by atoms with Gasteiger partial charge in [0.1, 0.15) is 0 Å². The number of sulfone groups is 1. The van der Waals surface area contributed by atoms with Gasteiger partial charge in [-0.1, -0.05) is 29.0 Å². The lowest BCUT2D eigenvalue weighted by Crippen LogP contribution is -2.16. The molecule has 0 radical (unpaired) electrons. The minimum Gasteiger partial charge on any atom is -0.465 e. The molecule has 0 atom stereocenters. The molecular formula is C20H20N2O5S2. The summed E-state index contributed by atoms with van der Waals surface area (Å²) in [6.07, 6.45) is -0.210. The van der Waals surface area contributed by atoms with Crippen LogP contribution >= 0.6 is 11.3 Å². The van der Waals surface area contributed by atoms with E-state index in [4.69, 9.17) is 4.74 Å². The molecular weight excluding hydrogens is 412 g/mol. The summed E-state index contributed by atoms with van der Waals surface area (Å²) in [4.78, 5) is 28.7. The predicted octanol–water partition coefficient (Wildman–Crippen LogP) is 2.63. The Morgan fingerprint density at radius 1 is 1.14 bits per heavy atom. The highest BCUT2D eigenvalue weighted by Crippen LogP contribution is 2.19. The zero-order valence-electron chi connectivity index (χ0n) is 16.2. The van der Waals surface area contributed by atoms with Gasteiger partial charge in [0.15, 0.2) is 14.6 Å². The third-order valence-electron chi connectivity index (χ3n) is 4.42. The molecule has 1 heterocycles. The van der Waals surface area contributed by atoms with Crippen molar-refractivity contribution in [1.82, 2.24) is 4.57 Å². The average molecular weight is 433 g/mol. The molecule has 0 bridgehead atoms. The van der Waals surface area contributed by atoms with Crippen LogP contribution in [0.5, 0.6) is 0 Å². The minimum atomic E-state index is -3.55. The number of thiazole rings is 1. The van der Waals surface area contributed by atoms with E-state index in [0.29, 0.717) is 10.4 Å². The maximum atomic E-state index is 12.4. The van der Waals surface area contributed by atoms with Crippen molar-refractivity contribution in [2.45, 2.75) is 18.2 Å². The Hall–Kier alpha value is -2.78. The first-order valence-corrected chi connectivity index (χ1v) is 11.2.